The summed E-state index contributed by atoms with van der Waals surface area (Å²) in [7, 11) is -3.40. The Balaban J connectivity index is 2.68. The third-order valence-corrected chi connectivity index (χ3v) is 7.41. The van der Waals surface area contributed by atoms with Crippen LogP contribution in [0.25, 0.3) is 0 Å². The molecule has 0 N–H and O–H groups in total. The maximum Gasteiger partial charge on any atom is 0.179 e. The Morgan fingerprint density at radius 1 is 1.17 bits per heavy atom. The lowest BCUT2D eigenvalue weighted by atomic mass is 9.92. The second kappa shape index (κ2) is 10.9. The first kappa shape index (κ1) is 21.2. The zero-order valence-electron chi connectivity index (χ0n) is 14.2. The van der Waals surface area contributed by atoms with Gasteiger partial charge in [-0.15, -0.1) is 0 Å². The van der Waals surface area contributed by atoms with Gasteiger partial charge in [-0.2, -0.15) is 10.5 Å². The first-order valence-corrected chi connectivity index (χ1v) is 11.5. The van der Waals surface area contributed by atoms with Crippen LogP contribution in [-0.4, -0.2) is 14.2 Å². The highest BCUT2D eigenvalue weighted by molar-refractivity contribution is 14.1. The smallest absolute Gasteiger partial charge is 0.179 e. The van der Waals surface area contributed by atoms with E-state index in [0.717, 1.165) is 19.3 Å². The predicted molar refractivity (Wildman–Crippen MR) is 105 cm³/mol. The van der Waals surface area contributed by atoms with E-state index in [9.17, 15) is 8.42 Å². The normalized spacial score (nSPS) is 21.2. The zero-order chi connectivity index (χ0) is 18.0. The van der Waals surface area contributed by atoms with Crippen LogP contribution in [0.1, 0.15) is 64.7 Å². The van der Waals surface area contributed by atoms with Gasteiger partial charge in [0.1, 0.15) is 17.7 Å². The van der Waals surface area contributed by atoms with Crippen molar-refractivity contribution in [2.75, 3.05) is 5.75 Å². The summed E-state index contributed by atoms with van der Waals surface area (Å²) in [5.41, 5.74) is 0.347. The molecule has 0 saturated carbocycles. The quantitative estimate of drug-likeness (QED) is 0.284. The number of unbranched alkanes of at least 4 members (excludes halogenated alkanes) is 6. The van der Waals surface area contributed by atoms with E-state index in [1.165, 1.54) is 36.2 Å². The molecule has 1 unspecified atom stereocenters. The summed E-state index contributed by atoms with van der Waals surface area (Å²) in [5.74, 6) is 0.142. The van der Waals surface area contributed by atoms with Gasteiger partial charge in [0.2, 0.25) is 0 Å². The van der Waals surface area contributed by atoms with Crippen molar-refractivity contribution in [3.8, 4) is 12.1 Å². The highest BCUT2D eigenvalue weighted by Crippen LogP contribution is 2.37. The Labute approximate surface area is 159 Å². The van der Waals surface area contributed by atoms with E-state index in [1.807, 2.05) is 34.7 Å². The lowest BCUT2D eigenvalue weighted by Gasteiger charge is -2.26. The number of halogens is 1. The predicted octanol–water partition coefficient (Wildman–Crippen LogP) is 5.18. The van der Waals surface area contributed by atoms with Crippen molar-refractivity contribution >= 4 is 32.4 Å². The van der Waals surface area contributed by atoms with Gasteiger partial charge in [-0.25, -0.2) is 8.42 Å². The molecule has 6 heteroatoms. The third-order valence-electron chi connectivity index (χ3n) is 4.42. The van der Waals surface area contributed by atoms with Gasteiger partial charge in [-0.1, -0.05) is 74.5 Å². The minimum Gasteiger partial charge on any atom is -0.224 e. The van der Waals surface area contributed by atoms with Crippen molar-refractivity contribution in [3.05, 3.63) is 20.1 Å². The van der Waals surface area contributed by atoms with E-state index in [0.29, 0.717) is 12.0 Å². The SMILES string of the molecule is CCCCCCCCCC1CC(=C(C#N)C#N)/C(=C/I)S(=O)(=O)C1. The fourth-order valence-corrected chi connectivity index (χ4v) is 6.45. The minimum absolute atomic E-state index is 0.0115. The molecule has 1 aliphatic heterocycles. The average Bonchev–Trinajstić information content (AvgIpc) is 2.54. The molecule has 1 atom stereocenters. The summed E-state index contributed by atoms with van der Waals surface area (Å²) >= 11 is 1.88. The van der Waals surface area contributed by atoms with Crippen molar-refractivity contribution in [1.29, 1.82) is 10.5 Å². The molecular formula is C18H25IN2O2S. The monoisotopic (exact) mass is 460 g/mol. The molecule has 1 rings (SSSR count). The largest absolute Gasteiger partial charge is 0.224 e. The number of allylic oxidation sites excluding steroid dienone is 2. The van der Waals surface area contributed by atoms with Gasteiger partial charge in [0, 0.05) is 0 Å². The minimum atomic E-state index is -3.40. The van der Waals surface area contributed by atoms with Gasteiger partial charge in [0.05, 0.1) is 10.7 Å². The molecule has 0 amide bonds. The van der Waals surface area contributed by atoms with E-state index in [-0.39, 0.29) is 22.1 Å². The third kappa shape index (κ3) is 6.22. The summed E-state index contributed by atoms with van der Waals surface area (Å²) in [6, 6.07) is 3.70. The number of sulfone groups is 1. The molecule has 0 bridgehead atoms. The number of nitriles is 2. The van der Waals surface area contributed by atoms with Crippen LogP contribution in [-0.2, 0) is 9.84 Å². The Hall–Kier alpha value is -0.860. The Morgan fingerprint density at radius 3 is 2.29 bits per heavy atom. The van der Waals surface area contributed by atoms with E-state index in [4.69, 9.17) is 10.5 Å². The second-order valence-corrected chi connectivity index (χ2v) is 8.94. The van der Waals surface area contributed by atoms with Gasteiger partial charge in [-0.05, 0) is 28.4 Å². The van der Waals surface area contributed by atoms with E-state index in [1.54, 1.807) is 0 Å². The maximum atomic E-state index is 12.5. The van der Waals surface area contributed by atoms with Crippen molar-refractivity contribution in [2.24, 2.45) is 5.92 Å². The van der Waals surface area contributed by atoms with Crippen LogP contribution < -0.4 is 0 Å². The molecule has 24 heavy (non-hydrogen) atoms. The molecule has 0 aromatic heterocycles. The Kier molecular flexibility index (Phi) is 9.61. The van der Waals surface area contributed by atoms with Gasteiger partial charge in [0.15, 0.2) is 9.84 Å². The van der Waals surface area contributed by atoms with E-state index >= 15 is 0 Å². The molecule has 1 heterocycles. The van der Waals surface area contributed by atoms with Gasteiger partial charge in [-0.3, -0.25) is 0 Å². The van der Waals surface area contributed by atoms with E-state index < -0.39 is 9.84 Å². The molecule has 0 radical (unpaired) electrons. The van der Waals surface area contributed by atoms with Crippen LogP contribution in [0.15, 0.2) is 20.1 Å². The van der Waals surface area contributed by atoms with Gasteiger partial charge >= 0.3 is 0 Å². The van der Waals surface area contributed by atoms with Crippen molar-refractivity contribution in [2.45, 2.75) is 64.7 Å². The molecule has 1 saturated heterocycles. The number of rotatable bonds is 8. The fraction of sp³-hybridized carbons (Fsp3) is 0.667. The lowest BCUT2D eigenvalue weighted by molar-refractivity contribution is 0.469. The van der Waals surface area contributed by atoms with Crippen LogP contribution in [0.5, 0.6) is 0 Å². The van der Waals surface area contributed by atoms with Crippen molar-refractivity contribution in [1.82, 2.24) is 0 Å². The topological polar surface area (TPSA) is 81.7 Å². The van der Waals surface area contributed by atoms with Crippen LogP contribution >= 0.6 is 22.6 Å². The highest BCUT2D eigenvalue weighted by Gasteiger charge is 2.34. The molecule has 1 fully saturated rings. The Bertz CT molecular complexity index is 650. The number of hydrogen-bond donors (Lipinski definition) is 0. The first-order chi connectivity index (χ1) is 11.5. The molecule has 1 aliphatic rings. The summed E-state index contributed by atoms with van der Waals surface area (Å²) in [6.45, 7) is 2.20. The maximum absolute atomic E-state index is 12.5. The molecule has 0 aliphatic carbocycles. The van der Waals surface area contributed by atoms with Crippen molar-refractivity contribution in [3.63, 3.8) is 0 Å². The molecule has 132 valence electrons. The zero-order valence-corrected chi connectivity index (χ0v) is 17.2. The number of nitrogens with zero attached hydrogens (tertiary/aromatic N) is 2. The van der Waals surface area contributed by atoms with Crippen LogP contribution in [0.3, 0.4) is 0 Å². The summed E-state index contributed by atoms with van der Waals surface area (Å²) in [6.07, 6.45) is 9.73. The lowest BCUT2D eigenvalue weighted by Crippen LogP contribution is -2.26. The summed E-state index contributed by atoms with van der Waals surface area (Å²) in [5, 5.41) is 18.2. The second-order valence-electron chi connectivity index (χ2n) is 6.31. The van der Waals surface area contributed by atoms with Crippen LogP contribution in [0, 0.1) is 28.6 Å². The molecule has 0 aromatic rings. The Morgan fingerprint density at radius 2 is 1.75 bits per heavy atom. The average molecular weight is 460 g/mol. The highest BCUT2D eigenvalue weighted by atomic mass is 127. The van der Waals surface area contributed by atoms with Crippen LogP contribution in [0.2, 0.25) is 0 Å². The fourth-order valence-electron chi connectivity index (χ4n) is 3.13. The molecule has 4 nitrogen and oxygen atoms in total. The van der Waals surface area contributed by atoms with E-state index in [2.05, 4.69) is 6.92 Å². The summed E-state index contributed by atoms with van der Waals surface area (Å²) in [4.78, 5) is 0.164. The van der Waals surface area contributed by atoms with Gasteiger partial charge in [0.25, 0.3) is 0 Å². The summed E-state index contributed by atoms with van der Waals surface area (Å²) < 4.78 is 26.4. The number of hydrogen-bond acceptors (Lipinski definition) is 4. The van der Waals surface area contributed by atoms with Crippen LogP contribution in [0.4, 0.5) is 0 Å². The first-order valence-electron chi connectivity index (χ1n) is 8.57. The molecular weight excluding hydrogens is 435 g/mol. The molecule has 0 aromatic carbocycles. The van der Waals surface area contributed by atoms with Gasteiger partial charge < -0.3 is 0 Å². The van der Waals surface area contributed by atoms with Crippen molar-refractivity contribution < 1.29 is 8.42 Å². The standard InChI is InChI=1S/C18H25IN2O2S/c1-2-3-4-5-6-7-8-9-15-10-17(16(12-20)13-21)18(11-19)24(22,23)14-15/h11,15H,2-10,14H2,1H3/b18-11-. The molecule has 0 spiro atoms.